The van der Waals surface area contributed by atoms with Gasteiger partial charge in [-0.1, -0.05) is 5.16 Å². The molecule has 1 unspecified atom stereocenters. The van der Waals surface area contributed by atoms with E-state index in [4.69, 9.17) is 20.4 Å². The molecule has 0 rings (SSSR count). The molecule has 0 fully saturated rings. The summed E-state index contributed by atoms with van der Waals surface area (Å²) in [6.45, 7) is 3.34. The zero-order chi connectivity index (χ0) is 12.4. The van der Waals surface area contributed by atoms with Gasteiger partial charge in [0, 0.05) is 13.7 Å². The molecule has 7 nitrogen and oxygen atoms in total. The third-order valence-electron chi connectivity index (χ3n) is 1.93. The third-order valence-corrected chi connectivity index (χ3v) is 1.93. The molecule has 0 aliphatic heterocycles. The van der Waals surface area contributed by atoms with E-state index in [9.17, 15) is 4.79 Å². The highest BCUT2D eigenvalue weighted by Gasteiger charge is 2.16. The molecule has 0 aliphatic carbocycles. The lowest BCUT2D eigenvalue weighted by Gasteiger charge is -2.10. The topological polar surface area (TPSA) is 106 Å². The third kappa shape index (κ3) is 6.20. The van der Waals surface area contributed by atoms with Crippen molar-refractivity contribution in [1.29, 1.82) is 0 Å². The minimum Gasteiger partial charge on any atom is -0.409 e. The first-order valence-corrected chi connectivity index (χ1v) is 4.95. The fourth-order valence-corrected chi connectivity index (χ4v) is 0.865. The van der Waals surface area contributed by atoms with E-state index in [1.54, 1.807) is 14.0 Å². The normalized spacial score (nSPS) is 13.5. The number of carbonyl (C=O) groups excluding carboxylic acids is 1. The second kappa shape index (κ2) is 8.93. The molecule has 0 aromatic rings. The second-order valence-corrected chi connectivity index (χ2v) is 3.14. The Morgan fingerprint density at radius 1 is 1.50 bits per heavy atom. The Morgan fingerprint density at radius 2 is 2.19 bits per heavy atom. The van der Waals surface area contributed by atoms with Gasteiger partial charge in [0.05, 0.1) is 25.7 Å². The van der Waals surface area contributed by atoms with Crippen molar-refractivity contribution in [3.8, 4) is 0 Å². The first-order chi connectivity index (χ1) is 7.63. The Kier molecular flexibility index (Phi) is 8.18. The summed E-state index contributed by atoms with van der Waals surface area (Å²) in [6, 6.07) is 0. The molecule has 1 atom stereocenters. The van der Waals surface area contributed by atoms with Crippen molar-refractivity contribution in [2.24, 2.45) is 16.8 Å². The highest BCUT2D eigenvalue weighted by molar-refractivity contribution is 6.01. The van der Waals surface area contributed by atoms with E-state index in [1.165, 1.54) is 0 Å². The van der Waals surface area contributed by atoms with Gasteiger partial charge in [0.15, 0.2) is 5.84 Å². The van der Waals surface area contributed by atoms with Crippen molar-refractivity contribution in [2.45, 2.75) is 6.92 Å². The number of nitrogens with one attached hydrogen (secondary N) is 1. The maximum absolute atomic E-state index is 11.4. The minimum absolute atomic E-state index is 0.113. The quantitative estimate of drug-likeness (QED) is 0.166. The smallest absolute Gasteiger partial charge is 0.230 e. The molecule has 0 aromatic carbocycles. The van der Waals surface area contributed by atoms with Gasteiger partial charge >= 0.3 is 0 Å². The summed E-state index contributed by atoms with van der Waals surface area (Å²) in [5.41, 5.74) is 5.28. The van der Waals surface area contributed by atoms with Crippen molar-refractivity contribution in [3.63, 3.8) is 0 Å². The number of amidine groups is 1. The van der Waals surface area contributed by atoms with Gasteiger partial charge in [-0.3, -0.25) is 4.79 Å². The maximum Gasteiger partial charge on any atom is 0.230 e. The zero-order valence-electron chi connectivity index (χ0n) is 9.60. The van der Waals surface area contributed by atoms with Crippen molar-refractivity contribution in [2.75, 3.05) is 33.5 Å². The fourth-order valence-electron chi connectivity index (χ4n) is 0.865. The standard InChI is InChI=1S/C9H19N3O4/c1-7(8(10)12-14)9(13)11-3-4-16-6-5-15-2/h7,14H,3-6H2,1-2H3,(H2,10,12)(H,11,13). The Balaban J connectivity index is 3.58. The summed E-state index contributed by atoms with van der Waals surface area (Å²) in [4.78, 5) is 11.4. The zero-order valence-corrected chi connectivity index (χ0v) is 9.60. The second-order valence-electron chi connectivity index (χ2n) is 3.14. The van der Waals surface area contributed by atoms with E-state index in [0.717, 1.165) is 0 Å². The molecular formula is C9H19N3O4. The molecule has 0 aromatic heterocycles. The van der Waals surface area contributed by atoms with Crippen LogP contribution < -0.4 is 11.1 Å². The number of hydrogen-bond acceptors (Lipinski definition) is 5. The van der Waals surface area contributed by atoms with Gasteiger partial charge in [0.1, 0.15) is 0 Å². The van der Waals surface area contributed by atoms with Crippen LogP contribution in [0.2, 0.25) is 0 Å². The van der Waals surface area contributed by atoms with Crippen LogP contribution in [0.5, 0.6) is 0 Å². The van der Waals surface area contributed by atoms with Crippen LogP contribution in [-0.2, 0) is 14.3 Å². The lowest BCUT2D eigenvalue weighted by molar-refractivity contribution is -0.122. The summed E-state index contributed by atoms with van der Waals surface area (Å²) < 4.78 is 9.92. The largest absolute Gasteiger partial charge is 0.409 e. The Hall–Kier alpha value is -1.34. The number of rotatable bonds is 8. The van der Waals surface area contributed by atoms with Crippen LogP contribution in [0.3, 0.4) is 0 Å². The number of carbonyl (C=O) groups is 1. The van der Waals surface area contributed by atoms with Crippen LogP contribution in [0.1, 0.15) is 6.92 Å². The van der Waals surface area contributed by atoms with Gasteiger partial charge in [-0.2, -0.15) is 0 Å². The minimum atomic E-state index is -0.649. The molecule has 0 bridgehead atoms. The summed E-state index contributed by atoms with van der Waals surface area (Å²) in [6.07, 6.45) is 0. The van der Waals surface area contributed by atoms with Crippen molar-refractivity contribution >= 4 is 11.7 Å². The Labute approximate surface area is 94.6 Å². The van der Waals surface area contributed by atoms with Crippen molar-refractivity contribution in [3.05, 3.63) is 0 Å². The molecular weight excluding hydrogens is 214 g/mol. The SMILES string of the molecule is COCCOCCNC(=O)C(C)C(N)=NO. The van der Waals surface area contributed by atoms with Crippen molar-refractivity contribution in [1.82, 2.24) is 5.32 Å². The van der Waals surface area contributed by atoms with E-state index in [-0.39, 0.29) is 11.7 Å². The van der Waals surface area contributed by atoms with Crippen LogP contribution >= 0.6 is 0 Å². The first kappa shape index (κ1) is 14.7. The molecule has 0 saturated heterocycles. The number of nitrogens with two attached hydrogens (primary N) is 1. The van der Waals surface area contributed by atoms with Crippen LogP contribution in [0.4, 0.5) is 0 Å². The molecule has 0 spiro atoms. The van der Waals surface area contributed by atoms with Gasteiger partial charge in [-0.25, -0.2) is 0 Å². The van der Waals surface area contributed by atoms with E-state index in [1.807, 2.05) is 0 Å². The molecule has 7 heteroatoms. The van der Waals surface area contributed by atoms with E-state index >= 15 is 0 Å². The fraction of sp³-hybridized carbons (Fsp3) is 0.778. The lowest BCUT2D eigenvalue weighted by atomic mass is 10.1. The maximum atomic E-state index is 11.4. The number of methoxy groups -OCH3 is 1. The number of ether oxygens (including phenoxy) is 2. The van der Waals surface area contributed by atoms with Gasteiger partial charge in [0.2, 0.25) is 5.91 Å². The summed E-state index contributed by atoms with van der Waals surface area (Å²) in [5.74, 6) is -1.06. The molecule has 16 heavy (non-hydrogen) atoms. The average Bonchev–Trinajstić information content (AvgIpc) is 2.31. The predicted molar refractivity (Wildman–Crippen MR) is 58.3 cm³/mol. The van der Waals surface area contributed by atoms with E-state index in [0.29, 0.717) is 26.4 Å². The van der Waals surface area contributed by atoms with E-state index < -0.39 is 5.92 Å². The summed E-state index contributed by atoms with van der Waals surface area (Å²) >= 11 is 0. The predicted octanol–water partition coefficient (Wildman–Crippen LogP) is -0.852. The molecule has 0 heterocycles. The van der Waals surface area contributed by atoms with E-state index in [2.05, 4.69) is 10.5 Å². The molecule has 0 radical (unpaired) electrons. The first-order valence-electron chi connectivity index (χ1n) is 4.95. The van der Waals surface area contributed by atoms with Crippen LogP contribution in [-0.4, -0.2) is 50.4 Å². The van der Waals surface area contributed by atoms with Crippen LogP contribution in [0.25, 0.3) is 0 Å². The van der Waals surface area contributed by atoms with Gasteiger partial charge in [-0.15, -0.1) is 0 Å². The van der Waals surface area contributed by atoms with Gasteiger partial charge < -0.3 is 25.7 Å². The van der Waals surface area contributed by atoms with Crippen LogP contribution in [0.15, 0.2) is 5.16 Å². The number of hydrogen-bond donors (Lipinski definition) is 3. The number of amides is 1. The molecule has 0 aliphatic rings. The molecule has 0 saturated carbocycles. The highest BCUT2D eigenvalue weighted by Crippen LogP contribution is 1.93. The Bertz CT molecular complexity index is 233. The highest BCUT2D eigenvalue weighted by atomic mass is 16.5. The van der Waals surface area contributed by atoms with Gasteiger partial charge in [0.25, 0.3) is 0 Å². The monoisotopic (exact) mass is 233 g/mol. The molecule has 1 amide bonds. The van der Waals surface area contributed by atoms with Crippen molar-refractivity contribution < 1.29 is 19.5 Å². The summed E-state index contributed by atoms with van der Waals surface area (Å²) in [7, 11) is 1.59. The average molecular weight is 233 g/mol. The number of nitrogens with zero attached hydrogens (tertiary/aromatic N) is 1. The van der Waals surface area contributed by atoms with Gasteiger partial charge in [-0.05, 0) is 6.92 Å². The molecule has 4 N–H and O–H groups in total. The summed E-state index contributed by atoms with van der Waals surface area (Å²) in [5, 5.41) is 13.7. The van der Waals surface area contributed by atoms with Crippen LogP contribution in [0, 0.1) is 5.92 Å². The number of oxime groups is 1. The lowest BCUT2D eigenvalue weighted by Crippen LogP contribution is -2.38. The molecule has 94 valence electrons. The Morgan fingerprint density at radius 3 is 2.75 bits per heavy atom.